The van der Waals surface area contributed by atoms with Gasteiger partial charge in [0.15, 0.2) is 0 Å². The third-order valence-electron chi connectivity index (χ3n) is 3.29. The van der Waals surface area contributed by atoms with E-state index in [2.05, 4.69) is 0 Å². The highest BCUT2D eigenvalue weighted by molar-refractivity contribution is 5.82. The van der Waals surface area contributed by atoms with Crippen molar-refractivity contribution in [2.75, 3.05) is 13.1 Å². The number of carbonyl (C=O) groups is 2. The van der Waals surface area contributed by atoms with Crippen molar-refractivity contribution in [3.05, 3.63) is 35.9 Å². The molecular weight excluding hydrogens is 254 g/mol. The van der Waals surface area contributed by atoms with Gasteiger partial charge in [-0.15, -0.1) is 0 Å². The molecule has 110 valence electrons. The van der Waals surface area contributed by atoms with Crippen LogP contribution in [0.3, 0.4) is 0 Å². The fraction of sp³-hybridized carbons (Fsp3) is 0.500. The zero-order valence-corrected chi connectivity index (χ0v) is 12.2. The van der Waals surface area contributed by atoms with Crippen LogP contribution in [-0.2, 0) is 16.0 Å². The molecule has 1 rings (SSSR count). The molecule has 20 heavy (non-hydrogen) atoms. The molecule has 4 nitrogen and oxygen atoms in total. The van der Waals surface area contributed by atoms with E-state index in [1.165, 1.54) is 4.90 Å². The Hall–Kier alpha value is -1.84. The quantitative estimate of drug-likeness (QED) is 0.794. The number of aliphatic carboxylic acids is 1. The summed E-state index contributed by atoms with van der Waals surface area (Å²) in [5, 5.41) is 8.95. The second-order valence-electron chi connectivity index (χ2n) is 5.08. The van der Waals surface area contributed by atoms with Crippen molar-refractivity contribution in [1.82, 2.24) is 4.90 Å². The second-order valence-corrected chi connectivity index (χ2v) is 5.08. The average molecular weight is 277 g/mol. The highest BCUT2D eigenvalue weighted by atomic mass is 16.4. The molecule has 0 spiro atoms. The van der Waals surface area contributed by atoms with E-state index in [1.807, 2.05) is 44.2 Å². The number of amides is 1. The van der Waals surface area contributed by atoms with E-state index in [9.17, 15) is 9.59 Å². The number of carbonyl (C=O) groups excluding carboxylic acids is 1. The molecule has 0 aliphatic heterocycles. The maximum Gasteiger partial charge on any atom is 0.323 e. The molecule has 0 heterocycles. The van der Waals surface area contributed by atoms with Crippen molar-refractivity contribution in [1.29, 1.82) is 0 Å². The van der Waals surface area contributed by atoms with Crippen molar-refractivity contribution in [3.63, 3.8) is 0 Å². The lowest BCUT2D eigenvalue weighted by molar-refractivity contribution is -0.146. The number of rotatable bonds is 8. The molecule has 1 aromatic rings. The first kappa shape index (κ1) is 16.2. The van der Waals surface area contributed by atoms with Crippen LogP contribution in [0.4, 0.5) is 0 Å². The minimum Gasteiger partial charge on any atom is -0.480 e. The van der Waals surface area contributed by atoms with E-state index >= 15 is 0 Å². The van der Waals surface area contributed by atoms with Crippen LogP contribution in [0.2, 0.25) is 0 Å². The molecule has 1 amide bonds. The summed E-state index contributed by atoms with van der Waals surface area (Å²) in [6, 6.07) is 9.79. The van der Waals surface area contributed by atoms with Gasteiger partial charge in [0.25, 0.3) is 0 Å². The summed E-state index contributed by atoms with van der Waals surface area (Å²) in [7, 11) is 0. The lowest BCUT2D eigenvalue weighted by Gasteiger charge is -2.24. The minimum absolute atomic E-state index is 0.0646. The van der Waals surface area contributed by atoms with Gasteiger partial charge < -0.3 is 10.0 Å². The van der Waals surface area contributed by atoms with Crippen LogP contribution >= 0.6 is 0 Å². The van der Waals surface area contributed by atoms with Gasteiger partial charge >= 0.3 is 5.97 Å². The Kier molecular flexibility index (Phi) is 6.77. The summed E-state index contributed by atoms with van der Waals surface area (Å²) >= 11 is 0. The van der Waals surface area contributed by atoms with Crippen LogP contribution in [0.1, 0.15) is 32.3 Å². The van der Waals surface area contributed by atoms with Gasteiger partial charge in [0.2, 0.25) is 5.91 Å². The van der Waals surface area contributed by atoms with E-state index in [4.69, 9.17) is 5.11 Å². The number of carboxylic acids is 1. The molecular formula is C16H23NO3. The molecule has 1 N–H and O–H groups in total. The first-order chi connectivity index (χ1) is 9.54. The molecule has 4 heteroatoms. The lowest BCUT2D eigenvalue weighted by atomic mass is 10.0. The van der Waals surface area contributed by atoms with Crippen molar-refractivity contribution in [3.8, 4) is 0 Å². The Bertz CT molecular complexity index is 431. The summed E-state index contributed by atoms with van der Waals surface area (Å²) in [5.74, 6) is -1.14. The molecule has 0 bridgehead atoms. The zero-order valence-electron chi connectivity index (χ0n) is 12.2. The van der Waals surface area contributed by atoms with E-state index < -0.39 is 5.97 Å². The van der Waals surface area contributed by atoms with Gasteiger partial charge in [0, 0.05) is 12.5 Å². The molecule has 1 atom stereocenters. The molecule has 0 aromatic heterocycles. The Morgan fingerprint density at radius 1 is 1.25 bits per heavy atom. The Morgan fingerprint density at radius 2 is 1.90 bits per heavy atom. The summed E-state index contributed by atoms with van der Waals surface area (Å²) in [6.45, 7) is 4.11. The van der Waals surface area contributed by atoms with E-state index in [1.54, 1.807) is 0 Å². The normalized spacial score (nSPS) is 11.9. The summed E-state index contributed by atoms with van der Waals surface area (Å²) in [6.07, 6.45) is 2.39. The monoisotopic (exact) mass is 277 g/mol. The van der Waals surface area contributed by atoms with Crippen LogP contribution in [0.25, 0.3) is 0 Å². The van der Waals surface area contributed by atoms with E-state index in [0.29, 0.717) is 13.0 Å². The van der Waals surface area contributed by atoms with Crippen LogP contribution in [-0.4, -0.2) is 35.0 Å². The number of carboxylic acid groups (broad SMARTS) is 1. The van der Waals surface area contributed by atoms with E-state index in [-0.39, 0.29) is 18.4 Å². The van der Waals surface area contributed by atoms with Crippen LogP contribution in [0, 0.1) is 5.92 Å². The van der Waals surface area contributed by atoms with Gasteiger partial charge in [-0.05, 0) is 18.4 Å². The number of hydrogen-bond acceptors (Lipinski definition) is 2. The number of nitrogens with zero attached hydrogens (tertiary/aromatic N) is 1. The van der Waals surface area contributed by atoms with Crippen molar-refractivity contribution in [2.45, 2.75) is 33.1 Å². The summed E-state index contributed by atoms with van der Waals surface area (Å²) < 4.78 is 0. The highest BCUT2D eigenvalue weighted by Gasteiger charge is 2.21. The largest absolute Gasteiger partial charge is 0.480 e. The maximum absolute atomic E-state index is 12.3. The second kappa shape index (κ2) is 8.35. The van der Waals surface area contributed by atoms with Gasteiger partial charge in [-0.25, -0.2) is 0 Å². The Morgan fingerprint density at radius 3 is 2.45 bits per heavy atom. The smallest absolute Gasteiger partial charge is 0.323 e. The number of hydrogen-bond donors (Lipinski definition) is 1. The third-order valence-corrected chi connectivity index (χ3v) is 3.29. The molecule has 0 fully saturated rings. The molecule has 0 saturated heterocycles. The maximum atomic E-state index is 12.3. The highest BCUT2D eigenvalue weighted by Crippen LogP contribution is 2.11. The molecule has 0 aliphatic rings. The van der Waals surface area contributed by atoms with Crippen LogP contribution in [0.5, 0.6) is 0 Å². The third kappa shape index (κ3) is 5.43. The summed E-state index contributed by atoms with van der Waals surface area (Å²) in [4.78, 5) is 24.6. The standard InChI is InChI=1S/C16H23NO3/c1-3-7-13(2)16(20)17(12-15(18)19)11-10-14-8-5-4-6-9-14/h4-6,8-9,13H,3,7,10-12H2,1-2H3,(H,18,19). The van der Waals surface area contributed by atoms with Crippen molar-refractivity contribution in [2.24, 2.45) is 5.92 Å². The average Bonchev–Trinajstić information content (AvgIpc) is 2.43. The van der Waals surface area contributed by atoms with Gasteiger partial charge in [-0.3, -0.25) is 9.59 Å². The molecule has 1 unspecified atom stereocenters. The van der Waals surface area contributed by atoms with Crippen molar-refractivity contribution >= 4 is 11.9 Å². The summed E-state index contributed by atoms with van der Waals surface area (Å²) in [5.41, 5.74) is 1.11. The van der Waals surface area contributed by atoms with E-state index in [0.717, 1.165) is 18.4 Å². The van der Waals surface area contributed by atoms with Gasteiger partial charge in [0.1, 0.15) is 6.54 Å². The fourth-order valence-electron chi connectivity index (χ4n) is 2.21. The molecule has 0 aliphatic carbocycles. The Labute approximate surface area is 120 Å². The first-order valence-corrected chi connectivity index (χ1v) is 7.09. The van der Waals surface area contributed by atoms with Gasteiger partial charge in [-0.2, -0.15) is 0 Å². The van der Waals surface area contributed by atoms with Crippen LogP contribution in [0.15, 0.2) is 30.3 Å². The molecule has 0 saturated carbocycles. The molecule has 1 aromatic carbocycles. The minimum atomic E-state index is -0.963. The fourth-order valence-corrected chi connectivity index (χ4v) is 2.21. The SMILES string of the molecule is CCCC(C)C(=O)N(CCc1ccccc1)CC(=O)O. The first-order valence-electron chi connectivity index (χ1n) is 7.09. The predicted molar refractivity (Wildman–Crippen MR) is 78.4 cm³/mol. The van der Waals surface area contributed by atoms with Crippen molar-refractivity contribution < 1.29 is 14.7 Å². The zero-order chi connectivity index (χ0) is 15.0. The molecule has 0 radical (unpaired) electrons. The Balaban J connectivity index is 2.64. The van der Waals surface area contributed by atoms with Gasteiger partial charge in [-0.1, -0.05) is 50.6 Å². The van der Waals surface area contributed by atoms with Crippen LogP contribution < -0.4 is 0 Å². The number of benzene rings is 1. The van der Waals surface area contributed by atoms with Gasteiger partial charge in [0.05, 0.1) is 0 Å². The lowest BCUT2D eigenvalue weighted by Crippen LogP contribution is -2.40. The predicted octanol–water partition coefficient (Wildman–Crippen LogP) is 2.58. The topological polar surface area (TPSA) is 57.6 Å².